The minimum atomic E-state index is -3.68. The number of hydrogen-bond donors (Lipinski definition) is 1. The first-order valence-electron chi connectivity index (χ1n) is 5.83. The van der Waals surface area contributed by atoms with Crippen molar-refractivity contribution >= 4 is 33.2 Å². The van der Waals surface area contributed by atoms with Crippen LogP contribution in [0.2, 0.25) is 10.0 Å². The van der Waals surface area contributed by atoms with Gasteiger partial charge in [0.2, 0.25) is 0 Å². The number of benzene rings is 1. The summed E-state index contributed by atoms with van der Waals surface area (Å²) in [5.74, 6) is 0. The van der Waals surface area contributed by atoms with Gasteiger partial charge in [-0.05, 0) is 38.1 Å². The quantitative estimate of drug-likeness (QED) is 0.935. The predicted octanol–water partition coefficient (Wildman–Crippen LogP) is 2.87. The van der Waals surface area contributed by atoms with Crippen molar-refractivity contribution in [2.45, 2.75) is 24.9 Å². The first-order valence-corrected chi connectivity index (χ1v) is 8.07. The maximum atomic E-state index is 12.2. The molecule has 2 aromatic rings. The van der Waals surface area contributed by atoms with Gasteiger partial charge < -0.3 is 0 Å². The molecule has 20 heavy (non-hydrogen) atoms. The molecule has 1 heterocycles. The highest BCUT2D eigenvalue weighted by Crippen LogP contribution is 2.26. The first kappa shape index (κ1) is 15.3. The number of nitrogens with zero attached hydrogens (tertiary/aromatic N) is 2. The average Bonchev–Trinajstić information content (AvgIpc) is 2.80. The summed E-state index contributed by atoms with van der Waals surface area (Å²) >= 11 is 12.0. The van der Waals surface area contributed by atoms with Gasteiger partial charge in [0.1, 0.15) is 0 Å². The Hall–Kier alpha value is -1.08. The van der Waals surface area contributed by atoms with E-state index in [1.807, 2.05) is 0 Å². The van der Waals surface area contributed by atoms with Crippen LogP contribution in [-0.2, 0) is 10.0 Å². The van der Waals surface area contributed by atoms with Crippen LogP contribution in [0.5, 0.6) is 0 Å². The highest BCUT2D eigenvalue weighted by atomic mass is 35.5. The first-order chi connectivity index (χ1) is 9.31. The van der Waals surface area contributed by atoms with E-state index in [0.717, 1.165) is 0 Å². The van der Waals surface area contributed by atoms with Crippen LogP contribution in [0.4, 0.5) is 0 Å². The molecule has 0 aliphatic carbocycles. The largest absolute Gasteiger partial charge is 0.258 e. The second kappa shape index (κ2) is 5.73. The average molecular weight is 334 g/mol. The molecule has 0 bridgehead atoms. The van der Waals surface area contributed by atoms with Crippen LogP contribution in [-0.4, -0.2) is 24.2 Å². The number of halogens is 2. The lowest BCUT2D eigenvalue weighted by atomic mass is 10.3. The smallest absolute Gasteiger partial charge is 0.219 e. The molecule has 0 saturated heterocycles. The zero-order chi connectivity index (χ0) is 14.9. The fraction of sp³-hybridized carbons (Fsp3) is 0.250. The van der Waals surface area contributed by atoms with E-state index in [0.29, 0.717) is 15.7 Å². The van der Waals surface area contributed by atoms with Crippen molar-refractivity contribution < 1.29 is 8.42 Å². The summed E-state index contributed by atoms with van der Waals surface area (Å²) in [7, 11) is -3.68. The molecule has 0 saturated carbocycles. The molecular weight excluding hydrogens is 321 g/mol. The Morgan fingerprint density at radius 3 is 2.60 bits per heavy atom. The molecule has 108 valence electrons. The molecule has 0 radical (unpaired) electrons. The minimum absolute atomic E-state index is 0.00960. The van der Waals surface area contributed by atoms with Crippen LogP contribution in [0.25, 0.3) is 5.69 Å². The van der Waals surface area contributed by atoms with E-state index in [4.69, 9.17) is 23.2 Å². The Labute approximate surface area is 127 Å². The van der Waals surface area contributed by atoms with Crippen LogP contribution in [0.15, 0.2) is 35.5 Å². The third-order valence-corrected chi connectivity index (χ3v) is 4.61. The summed E-state index contributed by atoms with van der Waals surface area (Å²) in [5.41, 5.74) is 0.410. The molecule has 0 fully saturated rings. The maximum Gasteiger partial charge on any atom is 0.258 e. The van der Waals surface area contributed by atoms with Crippen LogP contribution in [0.3, 0.4) is 0 Å². The van der Waals surface area contributed by atoms with E-state index in [-0.39, 0.29) is 11.1 Å². The van der Waals surface area contributed by atoms with Crippen LogP contribution in [0, 0.1) is 0 Å². The topological polar surface area (TPSA) is 64.0 Å². The highest BCUT2D eigenvalue weighted by molar-refractivity contribution is 7.89. The molecule has 0 spiro atoms. The number of aromatic nitrogens is 2. The molecule has 8 heteroatoms. The summed E-state index contributed by atoms with van der Waals surface area (Å²) in [6.07, 6.45) is 1.39. The number of rotatable bonds is 4. The highest BCUT2D eigenvalue weighted by Gasteiger charge is 2.22. The van der Waals surface area contributed by atoms with E-state index in [1.165, 1.54) is 16.9 Å². The fourth-order valence-corrected chi connectivity index (χ4v) is 3.41. The van der Waals surface area contributed by atoms with Gasteiger partial charge in [0.15, 0.2) is 5.03 Å². The molecule has 1 aromatic heterocycles. The third-order valence-electron chi connectivity index (χ3n) is 2.41. The van der Waals surface area contributed by atoms with Crippen molar-refractivity contribution in [3.05, 3.63) is 40.5 Å². The van der Waals surface area contributed by atoms with Gasteiger partial charge in [0.25, 0.3) is 10.0 Å². The maximum absolute atomic E-state index is 12.2. The fourth-order valence-electron chi connectivity index (χ4n) is 1.69. The van der Waals surface area contributed by atoms with E-state index >= 15 is 0 Å². The van der Waals surface area contributed by atoms with Gasteiger partial charge in [0, 0.05) is 11.1 Å². The lowest BCUT2D eigenvalue weighted by molar-refractivity contribution is 0.560. The number of nitrogens with one attached hydrogen (secondary N) is 1. The summed E-state index contributed by atoms with van der Waals surface area (Å²) in [6, 6.07) is 5.95. The summed E-state index contributed by atoms with van der Waals surface area (Å²) in [5, 5.41) is 4.83. The van der Waals surface area contributed by atoms with Crippen molar-refractivity contribution in [3.63, 3.8) is 0 Å². The van der Waals surface area contributed by atoms with Gasteiger partial charge in [0.05, 0.1) is 16.9 Å². The Morgan fingerprint density at radius 1 is 1.25 bits per heavy atom. The monoisotopic (exact) mass is 333 g/mol. The van der Waals surface area contributed by atoms with Crippen molar-refractivity contribution in [1.82, 2.24) is 14.5 Å². The second-order valence-electron chi connectivity index (χ2n) is 4.45. The zero-order valence-corrected chi connectivity index (χ0v) is 13.2. The van der Waals surface area contributed by atoms with Crippen molar-refractivity contribution in [3.8, 4) is 5.69 Å². The Morgan fingerprint density at radius 2 is 1.95 bits per heavy atom. The van der Waals surface area contributed by atoms with E-state index in [2.05, 4.69) is 9.82 Å². The minimum Gasteiger partial charge on any atom is -0.219 e. The van der Waals surface area contributed by atoms with Crippen LogP contribution < -0.4 is 4.72 Å². The second-order valence-corrected chi connectivity index (χ2v) is 6.96. The van der Waals surface area contributed by atoms with E-state index in [1.54, 1.807) is 32.0 Å². The number of sulfonamides is 1. The molecular formula is C12H13Cl2N3O2S. The molecule has 0 aliphatic heterocycles. The molecule has 0 atom stereocenters. The van der Waals surface area contributed by atoms with E-state index in [9.17, 15) is 8.42 Å². The molecule has 2 rings (SSSR count). The van der Waals surface area contributed by atoms with Gasteiger partial charge in [-0.2, -0.15) is 5.10 Å². The van der Waals surface area contributed by atoms with E-state index < -0.39 is 10.0 Å². The number of hydrogen-bond acceptors (Lipinski definition) is 3. The van der Waals surface area contributed by atoms with Gasteiger partial charge in [-0.15, -0.1) is 0 Å². The molecule has 1 aromatic carbocycles. The zero-order valence-electron chi connectivity index (χ0n) is 10.8. The summed E-state index contributed by atoms with van der Waals surface area (Å²) in [6.45, 7) is 3.48. The van der Waals surface area contributed by atoms with Gasteiger partial charge >= 0.3 is 0 Å². The Bertz CT molecular complexity index is 726. The van der Waals surface area contributed by atoms with Crippen molar-refractivity contribution in [1.29, 1.82) is 0 Å². The van der Waals surface area contributed by atoms with Crippen molar-refractivity contribution in [2.24, 2.45) is 0 Å². The molecule has 1 N–H and O–H groups in total. The normalized spacial score (nSPS) is 12.1. The Balaban J connectivity index is 2.56. The molecule has 0 amide bonds. The molecule has 0 aliphatic rings. The summed E-state index contributed by atoms with van der Waals surface area (Å²) in [4.78, 5) is 0. The van der Waals surface area contributed by atoms with Crippen molar-refractivity contribution in [2.75, 3.05) is 0 Å². The Kier molecular flexibility index (Phi) is 4.39. The SMILES string of the molecule is CC(C)NS(=O)(=O)c1ccnn1-c1cc(Cl)ccc1Cl. The van der Waals surface area contributed by atoms with Crippen LogP contribution >= 0.6 is 23.2 Å². The standard InChI is InChI=1S/C12H13Cl2N3O2S/c1-8(2)16-20(18,19)12-5-6-15-17(12)11-7-9(13)3-4-10(11)14/h3-8,16H,1-2H3. The molecule has 5 nitrogen and oxygen atoms in total. The van der Waals surface area contributed by atoms with Gasteiger partial charge in [-0.25, -0.2) is 17.8 Å². The van der Waals surface area contributed by atoms with Gasteiger partial charge in [-0.3, -0.25) is 0 Å². The lowest BCUT2D eigenvalue weighted by Gasteiger charge is -2.12. The predicted molar refractivity (Wildman–Crippen MR) is 79.0 cm³/mol. The molecule has 0 unspecified atom stereocenters. The lowest BCUT2D eigenvalue weighted by Crippen LogP contribution is -2.31. The third kappa shape index (κ3) is 3.15. The summed E-state index contributed by atoms with van der Waals surface area (Å²) < 4.78 is 28.2. The van der Waals surface area contributed by atoms with Crippen LogP contribution in [0.1, 0.15) is 13.8 Å². The van der Waals surface area contributed by atoms with Gasteiger partial charge in [-0.1, -0.05) is 23.2 Å².